The summed E-state index contributed by atoms with van der Waals surface area (Å²) in [7, 11) is 0. The Labute approximate surface area is 102 Å². The maximum absolute atomic E-state index is 5.80. The molecule has 1 saturated heterocycles. The normalized spacial score (nSPS) is 24.6. The van der Waals surface area contributed by atoms with E-state index in [0.29, 0.717) is 4.75 Å². The van der Waals surface area contributed by atoms with Crippen molar-refractivity contribution in [3.05, 3.63) is 23.8 Å². The highest BCUT2D eigenvalue weighted by Crippen LogP contribution is 2.37. The minimum atomic E-state index is 0.412. The van der Waals surface area contributed by atoms with Crippen LogP contribution in [0.15, 0.2) is 18.2 Å². The smallest absolute Gasteiger partial charge is 0.0345 e. The molecule has 0 amide bonds. The molecular weight excluding hydrogens is 216 g/mol. The predicted octanol–water partition coefficient (Wildman–Crippen LogP) is 3.27. The van der Waals surface area contributed by atoms with Crippen LogP contribution in [0.3, 0.4) is 0 Å². The van der Waals surface area contributed by atoms with Gasteiger partial charge in [-0.1, -0.05) is 0 Å². The van der Waals surface area contributed by atoms with Crippen LogP contribution in [0.1, 0.15) is 25.3 Å². The number of rotatable bonds is 3. The first-order valence-electron chi connectivity index (χ1n) is 5.83. The van der Waals surface area contributed by atoms with Crippen LogP contribution in [0, 0.1) is 6.92 Å². The maximum atomic E-state index is 5.80. The van der Waals surface area contributed by atoms with E-state index < -0.39 is 0 Å². The molecule has 0 aromatic heterocycles. The number of thioether (sulfide) groups is 1. The van der Waals surface area contributed by atoms with Gasteiger partial charge in [-0.3, -0.25) is 0 Å². The number of anilines is 2. The lowest BCUT2D eigenvalue weighted by Crippen LogP contribution is -2.27. The van der Waals surface area contributed by atoms with Gasteiger partial charge in [-0.25, -0.2) is 0 Å². The van der Waals surface area contributed by atoms with Gasteiger partial charge in [0.25, 0.3) is 0 Å². The van der Waals surface area contributed by atoms with Gasteiger partial charge in [-0.2, -0.15) is 11.8 Å². The third-order valence-corrected chi connectivity index (χ3v) is 4.77. The number of aryl methyl sites for hydroxylation is 1. The molecule has 1 fully saturated rings. The van der Waals surface area contributed by atoms with Crippen molar-refractivity contribution in [1.82, 2.24) is 0 Å². The van der Waals surface area contributed by atoms with E-state index in [1.54, 1.807) is 0 Å². The lowest BCUT2D eigenvalue weighted by atomic mass is 10.1. The second kappa shape index (κ2) is 4.58. The van der Waals surface area contributed by atoms with E-state index >= 15 is 0 Å². The molecule has 1 aromatic carbocycles. The molecule has 1 aromatic rings. The minimum Gasteiger partial charge on any atom is -0.399 e. The zero-order chi connectivity index (χ0) is 11.6. The number of hydrogen-bond donors (Lipinski definition) is 2. The van der Waals surface area contributed by atoms with E-state index in [0.717, 1.165) is 17.8 Å². The average molecular weight is 236 g/mol. The molecule has 1 aliphatic rings. The molecule has 2 nitrogen and oxygen atoms in total. The molecule has 16 heavy (non-hydrogen) atoms. The molecule has 88 valence electrons. The average Bonchev–Trinajstić information content (AvgIpc) is 2.68. The topological polar surface area (TPSA) is 38.0 Å². The van der Waals surface area contributed by atoms with Gasteiger partial charge in [0.1, 0.15) is 0 Å². The van der Waals surface area contributed by atoms with Crippen molar-refractivity contribution in [2.45, 2.75) is 31.4 Å². The quantitative estimate of drug-likeness (QED) is 0.791. The summed E-state index contributed by atoms with van der Waals surface area (Å²) in [5.41, 5.74) is 9.00. The van der Waals surface area contributed by atoms with Gasteiger partial charge < -0.3 is 11.1 Å². The number of nitrogen functional groups attached to an aromatic ring is 1. The number of benzene rings is 1. The molecule has 1 unspecified atom stereocenters. The highest BCUT2D eigenvalue weighted by Gasteiger charge is 2.28. The molecule has 0 radical (unpaired) electrons. The van der Waals surface area contributed by atoms with Crippen molar-refractivity contribution in [1.29, 1.82) is 0 Å². The Kier molecular flexibility index (Phi) is 3.33. The van der Waals surface area contributed by atoms with E-state index in [1.807, 2.05) is 13.0 Å². The molecule has 3 N–H and O–H groups in total. The Morgan fingerprint density at radius 1 is 1.50 bits per heavy atom. The van der Waals surface area contributed by atoms with Crippen molar-refractivity contribution in [3.63, 3.8) is 0 Å². The van der Waals surface area contributed by atoms with Crippen molar-refractivity contribution >= 4 is 23.1 Å². The number of nitrogens with two attached hydrogens (primary N) is 1. The van der Waals surface area contributed by atoms with Gasteiger partial charge in [-0.05, 0) is 56.2 Å². The molecule has 1 atom stereocenters. The first-order valence-corrected chi connectivity index (χ1v) is 6.82. The fourth-order valence-corrected chi connectivity index (χ4v) is 3.30. The molecule has 2 rings (SSSR count). The SMILES string of the molecule is Cc1cc(NCC2(C)CCCS2)ccc1N. The summed E-state index contributed by atoms with van der Waals surface area (Å²) in [6, 6.07) is 6.16. The largest absolute Gasteiger partial charge is 0.399 e. The first-order chi connectivity index (χ1) is 7.59. The van der Waals surface area contributed by atoms with Crippen LogP contribution in [0.2, 0.25) is 0 Å². The number of nitrogens with one attached hydrogen (secondary N) is 1. The van der Waals surface area contributed by atoms with Crippen LogP contribution in [0.5, 0.6) is 0 Å². The Hall–Kier alpha value is -0.830. The summed E-state index contributed by atoms with van der Waals surface area (Å²) in [4.78, 5) is 0. The van der Waals surface area contributed by atoms with Crippen LogP contribution in [0.4, 0.5) is 11.4 Å². The summed E-state index contributed by atoms with van der Waals surface area (Å²) in [5, 5.41) is 3.52. The minimum absolute atomic E-state index is 0.412. The molecule has 3 heteroatoms. The lowest BCUT2D eigenvalue weighted by molar-refractivity contribution is 0.635. The van der Waals surface area contributed by atoms with Crippen LogP contribution in [0.25, 0.3) is 0 Å². The molecular formula is C13H20N2S. The summed E-state index contributed by atoms with van der Waals surface area (Å²) < 4.78 is 0.412. The van der Waals surface area contributed by atoms with E-state index in [-0.39, 0.29) is 0 Å². The zero-order valence-corrected chi connectivity index (χ0v) is 10.9. The number of hydrogen-bond acceptors (Lipinski definition) is 3. The lowest BCUT2D eigenvalue weighted by Gasteiger charge is -2.23. The van der Waals surface area contributed by atoms with Crippen LogP contribution in [-0.4, -0.2) is 17.0 Å². The second-order valence-corrected chi connectivity index (χ2v) is 6.51. The van der Waals surface area contributed by atoms with E-state index in [4.69, 9.17) is 5.73 Å². The van der Waals surface area contributed by atoms with Gasteiger partial charge in [-0.15, -0.1) is 0 Å². The highest BCUT2D eigenvalue weighted by atomic mass is 32.2. The zero-order valence-electron chi connectivity index (χ0n) is 10.0. The maximum Gasteiger partial charge on any atom is 0.0345 e. The summed E-state index contributed by atoms with van der Waals surface area (Å²) in [5.74, 6) is 1.30. The molecule has 0 saturated carbocycles. The molecule has 1 aliphatic heterocycles. The predicted molar refractivity (Wildman–Crippen MR) is 74.2 cm³/mol. The van der Waals surface area contributed by atoms with Crippen molar-refractivity contribution in [2.24, 2.45) is 0 Å². The molecule has 1 heterocycles. The highest BCUT2D eigenvalue weighted by molar-refractivity contribution is 8.00. The Morgan fingerprint density at radius 2 is 2.31 bits per heavy atom. The standard InChI is InChI=1S/C13H20N2S/c1-10-8-11(4-5-12(10)14)15-9-13(2)6-3-7-16-13/h4-5,8,15H,3,6-7,9,14H2,1-2H3. The summed E-state index contributed by atoms with van der Waals surface area (Å²) in [6.07, 6.45) is 2.67. The first kappa shape index (κ1) is 11.6. The Balaban J connectivity index is 1.96. The third-order valence-electron chi connectivity index (χ3n) is 3.24. The monoisotopic (exact) mass is 236 g/mol. The molecule has 0 bridgehead atoms. The van der Waals surface area contributed by atoms with Crippen molar-refractivity contribution in [3.8, 4) is 0 Å². The van der Waals surface area contributed by atoms with Gasteiger partial charge >= 0.3 is 0 Å². The van der Waals surface area contributed by atoms with Crippen molar-refractivity contribution in [2.75, 3.05) is 23.3 Å². The van der Waals surface area contributed by atoms with Crippen LogP contribution >= 0.6 is 11.8 Å². The molecule has 0 spiro atoms. The van der Waals surface area contributed by atoms with Crippen molar-refractivity contribution < 1.29 is 0 Å². The van der Waals surface area contributed by atoms with Gasteiger partial charge in [0, 0.05) is 22.7 Å². The van der Waals surface area contributed by atoms with E-state index in [2.05, 4.69) is 36.1 Å². The van der Waals surface area contributed by atoms with Crippen LogP contribution in [-0.2, 0) is 0 Å². The Bertz CT molecular complexity index is 370. The molecule has 0 aliphatic carbocycles. The van der Waals surface area contributed by atoms with E-state index in [1.165, 1.54) is 24.3 Å². The Morgan fingerprint density at radius 3 is 2.94 bits per heavy atom. The summed E-state index contributed by atoms with van der Waals surface area (Å²) >= 11 is 2.08. The fraction of sp³-hybridized carbons (Fsp3) is 0.538. The third kappa shape index (κ3) is 2.64. The van der Waals surface area contributed by atoms with Gasteiger partial charge in [0.2, 0.25) is 0 Å². The second-order valence-electron chi connectivity index (χ2n) is 4.83. The summed E-state index contributed by atoms with van der Waals surface area (Å²) in [6.45, 7) is 5.44. The van der Waals surface area contributed by atoms with Crippen LogP contribution < -0.4 is 11.1 Å². The van der Waals surface area contributed by atoms with Gasteiger partial charge in [0.15, 0.2) is 0 Å². The van der Waals surface area contributed by atoms with Gasteiger partial charge in [0.05, 0.1) is 0 Å². The van der Waals surface area contributed by atoms with E-state index in [9.17, 15) is 0 Å². The fourth-order valence-electron chi connectivity index (χ4n) is 2.05.